The summed E-state index contributed by atoms with van der Waals surface area (Å²) >= 11 is 10.8. The first-order chi connectivity index (χ1) is 6.95. The minimum absolute atomic E-state index is 0.669. The molecule has 1 aliphatic carbocycles. The molecule has 0 aromatic carbocycles. The van der Waals surface area contributed by atoms with E-state index in [1.54, 1.807) is 0 Å². The van der Waals surface area contributed by atoms with E-state index in [0.29, 0.717) is 6.08 Å². The van der Waals surface area contributed by atoms with E-state index in [0.717, 1.165) is 0 Å². The van der Waals surface area contributed by atoms with E-state index in [9.17, 15) is 18.0 Å². The smallest absolute Gasteiger partial charge is 0.426 e. The van der Waals surface area contributed by atoms with E-state index < -0.39 is 33.4 Å². The Hall–Kier alpha value is -0.420. The average molecular weight is 277 g/mol. The van der Waals surface area contributed by atoms with Gasteiger partial charge in [0.15, 0.2) is 4.87 Å². The molecule has 0 heterocycles. The highest BCUT2D eigenvalue weighted by molar-refractivity contribution is 6.38. The van der Waals surface area contributed by atoms with Gasteiger partial charge in [-0.2, -0.15) is 13.2 Å². The van der Waals surface area contributed by atoms with E-state index in [2.05, 4.69) is 0 Å². The summed E-state index contributed by atoms with van der Waals surface area (Å²) in [6, 6.07) is 0. The van der Waals surface area contributed by atoms with Gasteiger partial charge in [-0.3, -0.25) is 4.79 Å². The number of rotatable bonds is 2. The number of carboxylic acids is 1. The highest BCUT2D eigenvalue weighted by atomic mass is 35.5. The average Bonchev–Trinajstić information content (AvgIpc) is 2.49. The maximum Gasteiger partial charge on any atom is 0.426 e. The first-order valence-electron chi connectivity index (χ1n) is 4.32. The number of alkyl halides is 4. The third-order valence-corrected chi connectivity index (χ3v) is 4.18. The van der Waals surface area contributed by atoms with Crippen LogP contribution in [0.3, 0.4) is 0 Å². The second-order valence-corrected chi connectivity index (χ2v) is 5.23. The van der Waals surface area contributed by atoms with Crippen LogP contribution >= 0.6 is 23.2 Å². The van der Waals surface area contributed by atoms with Crippen LogP contribution in [0.4, 0.5) is 13.2 Å². The van der Waals surface area contributed by atoms with Crippen LogP contribution in [0.15, 0.2) is 11.1 Å². The van der Waals surface area contributed by atoms with Gasteiger partial charge in [0.1, 0.15) is 5.03 Å². The Morgan fingerprint density at radius 1 is 1.44 bits per heavy atom. The Balaban J connectivity index is 3.00. The van der Waals surface area contributed by atoms with Crippen molar-refractivity contribution in [3.63, 3.8) is 0 Å². The van der Waals surface area contributed by atoms with Gasteiger partial charge in [0, 0.05) is 11.3 Å². The molecular formula is C9H9Cl2F3O2. The number of halogens is 5. The maximum absolute atomic E-state index is 12.2. The van der Waals surface area contributed by atoms with Gasteiger partial charge in [-0.1, -0.05) is 31.5 Å². The van der Waals surface area contributed by atoms with Gasteiger partial charge in [0.05, 0.1) is 0 Å². The second kappa shape index (κ2) is 3.53. The van der Waals surface area contributed by atoms with E-state index in [-0.39, 0.29) is 0 Å². The van der Waals surface area contributed by atoms with Crippen molar-refractivity contribution in [3.05, 3.63) is 11.1 Å². The fraction of sp³-hybridized carbons (Fsp3) is 0.667. The molecule has 0 amide bonds. The number of carbonyl (C=O) groups is 1. The Labute approximate surface area is 100 Å². The Morgan fingerprint density at radius 2 is 1.88 bits per heavy atom. The Morgan fingerprint density at radius 3 is 2.12 bits per heavy atom. The molecule has 16 heavy (non-hydrogen) atoms. The molecule has 1 saturated carbocycles. The van der Waals surface area contributed by atoms with Gasteiger partial charge >= 0.3 is 12.1 Å². The minimum Gasteiger partial charge on any atom is -0.480 e. The zero-order chi connectivity index (χ0) is 12.9. The summed E-state index contributed by atoms with van der Waals surface area (Å²) in [4.78, 5) is 9.15. The molecule has 1 fully saturated rings. The van der Waals surface area contributed by atoms with Crippen molar-refractivity contribution in [3.8, 4) is 0 Å². The fourth-order valence-corrected chi connectivity index (χ4v) is 2.25. The lowest BCUT2D eigenvalue weighted by atomic mass is 10.1. The largest absolute Gasteiger partial charge is 0.480 e. The quantitative estimate of drug-likeness (QED) is 0.785. The molecule has 1 aliphatic rings. The van der Waals surface area contributed by atoms with Crippen LogP contribution in [-0.2, 0) is 4.79 Å². The van der Waals surface area contributed by atoms with Crippen molar-refractivity contribution >= 4 is 29.2 Å². The third kappa shape index (κ3) is 1.80. The molecule has 7 heteroatoms. The lowest BCUT2D eigenvalue weighted by Crippen LogP contribution is -2.21. The summed E-state index contributed by atoms with van der Waals surface area (Å²) in [6.07, 6.45) is -4.00. The molecule has 0 saturated heterocycles. The number of carboxylic acid groups (broad SMARTS) is 1. The number of hydrogen-bond donors (Lipinski definition) is 1. The van der Waals surface area contributed by atoms with Crippen molar-refractivity contribution in [2.45, 2.75) is 24.9 Å². The van der Waals surface area contributed by atoms with Crippen molar-refractivity contribution in [2.24, 2.45) is 11.3 Å². The highest BCUT2D eigenvalue weighted by Crippen LogP contribution is 2.67. The molecule has 2 nitrogen and oxygen atoms in total. The summed E-state index contributed by atoms with van der Waals surface area (Å²) in [5.41, 5.74) is -0.953. The monoisotopic (exact) mass is 276 g/mol. The zero-order valence-corrected chi connectivity index (χ0v) is 9.91. The zero-order valence-electron chi connectivity index (χ0n) is 8.40. The summed E-state index contributed by atoms with van der Waals surface area (Å²) in [5.74, 6) is -2.28. The van der Waals surface area contributed by atoms with E-state index in [4.69, 9.17) is 28.3 Å². The van der Waals surface area contributed by atoms with Gasteiger partial charge in [-0.15, -0.1) is 11.6 Å². The molecule has 2 atom stereocenters. The van der Waals surface area contributed by atoms with Gasteiger partial charge in [-0.25, -0.2) is 0 Å². The summed E-state index contributed by atoms with van der Waals surface area (Å²) in [7, 11) is 0. The maximum atomic E-state index is 12.2. The Bertz CT molecular complexity index is 362. The molecule has 0 bridgehead atoms. The predicted octanol–water partition coefficient (Wildman–Crippen LogP) is 3.39. The van der Waals surface area contributed by atoms with Crippen LogP contribution in [0.25, 0.3) is 0 Å². The second-order valence-electron chi connectivity index (χ2n) is 4.23. The van der Waals surface area contributed by atoms with E-state index >= 15 is 0 Å². The molecule has 0 aromatic rings. The lowest BCUT2D eigenvalue weighted by molar-refractivity contribution is -0.138. The molecule has 1 N–H and O–H groups in total. The minimum atomic E-state index is -4.67. The molecule has 0 aromatic heterocycles. The molecule has 92 valence electrons. The summed E-state index contributed by atoms with van der Waals surface area (Å²) in [6.45, 7) is 2.96. The first-order valence-corrected chi connectivity index (χ1v) is 5.08. The van der Waals surface area contributed by atoms with E-state index in [1.165, 1.54) is 13.8 Å². The van der Waals surface area contributed by atoms with Crippen LogP contribution in [0.5, 0.6) is 0 Å². The topological polar surface area (TPSA) is 37.3 Å². The number of hydrogen-bond acceptors (Lipinski definition) is 1. The lowest BCUT2D eigenvalue weighted by Gasteiger charge is -2.04. The molecule has 0 radical (unpaired) electrons. The molecule has 1 rings (SSSR count). The van der Waals surface area contributed by atoms with Crippen LogP contribution < -0.4 is 0 Å². The van der Waals surface area contributed by atoms with Crippen LogP contribution in [-0.4, -0.2) is 22.1 Å². The summed E-state index contributed by atoms with van der Waals surface area (Å²) in [5, 5.41) is 7.51. The Kier molecular flexibility index (Phi) is 3.01. The fourth-order valence-electron chi connectivity index (χ4n) is 1.72. The van der Waals surface area contributed by atoms with Crippen LogP contribution in [0.1, 0.15) is 13.8 Å². The molecule has 0 spiro atoms. The van der Waals surface area contributed by atoms with Gasteiger partial charge in [-0.05, 0) is 0 Å². The van der Waals surface area contributed by atoms with Gasteiger partial charge in [0.25, 0.3) is 0 Å². The van der Waals surface area contributed by atoms with Crippen LogP contribution in [0, 0.1) is 11.3 Å². The molecule has 2 unspecified atom stereocenters. The van der Waals surface area contributed by atoms with Crippen molar-refractivity contribution in [1.29, 1.82) is 0 Å². The normalized spacial score (nSPS) is 33.7. The third-order valence-electron chi connectivity index (χ3n) is 2.96. The number of aliphatic carboxylic acids is 1. The van der Waals surface area contributed by atoms with Crippen molar-refractivity contribution in [2.75, 3.05) is 0 Å². The molecule has 0 aliphatic heterocycles. The number of allylic oxidation sites excluding steroid dienone is 2. The standard InChI is InChI=1S/C9H9Cl2F3O2/c1-7(2)4(8(7,11)6(15)16)3-5(10)9(12,13)14/h3-4H,1-2H3,(H,15,16)/b5-3-. The predicted molar refractivity (Wildman–Crippen MR) is 53.5 cm³/mol. The summed E-state index contributed by atoms with van der Waals surface area (Å²) < 4.78 is 36.5. The first kappa shape index (κ1) is 13.6. The van der Waals surface area contributed by atoms with Gasteiger partial charge in [0.2, 0.25) is 0 Å². The van der Waals surface area contributed by atoms with Crippen LogP contribution in [0.2, 0.25) is 0 Å². The molecular weight excluding hydrogens is 268 g/mol. The van der Waals surface area contributed by atoms with Crippen molar-refractivity contribution in [1.82, 2.24) is 0 Å². The van der Waals surface area contributed by atoms with Gasteiger partial charge < -0.3 is 5.11 Å². The highest BCUT2D eigenvalue weighted by Gasteiger charge is 2.75. The SMILES string of the molecule is CC1(C)C(/C=C(\Cl)C(F)(F)F)C1(Cl)C(=O)O. The van der Waals surface area contributed by atoms with E-state index in [1.807, 2.05) is 0 Å². The van der Waals surface area contributed by atoms with Crippen molar-refractivity contribution < 1.29 is 23.1 Å².